The third-order valence-electron chi connectivity index (χ3n) is 3.21. The summed E-state index contributed by atoms with van der Waals surface area (Å²) in [7, 11) is 0. The quantitative estimate of drug-likeness (QED) is 0.586. The van der Waals surface area contributed by atoms with E-state index in [2.05, 4.69) is 37.9 Å². The summed E-state index contributed by atoms with van der Waals surface area (Å²) in [5.74, 6) is -0.166. The molecule has 1 aromatic heterocycles. The molecule has 1 amide bonds. The summed E-state index contributed by atoms with van der Waals surface area (Å²) in [5.41, 5.74) is 3.45. The second-order valence-electron chi connectivity index (χ2n) is 4.73. The van der Waals surface area contributed by atoms with Crippen LogP contribution in [-0.2, 0) is 0 Å². The van der Waals surface area contributed by atoms with Crippen molar-refractivity contribution in [1.82, 2.24) is 9.97 Å². The Bertz CT molecular complexity index is 895. The maximum atomic E-state index is 12.3. The van der Waals surface area contributed by atoms with Gasteiger partial charge in [0.2, 0.25) is 0 Å². The van der Waals surface area contributed by atoms with Crippen molar-refractivity contribution in [2.75, 3.05) is 5.32 Å². The number of halogens is 1. The molecule has 3 aromatic rings. The number of carbonyl (C=O) groups is 1. The lowest BCUT2D eigenvalue weighted by atomic mass is 10.1. The average Bonchev–Trinajstić information content (AvgIpc) is 2.81. The molecule has 0 radical (unpaired) electrons. The maximum Gasteiger partial charge on any atom is 0.323 e. The number of amides is 1. The van der Waals surface area contributed by atoms with Gasteiger partial charge in [-0.25, -0.2) is 4.79 Å². The van der Waals surface area contributed by atoms with Crippen LogP contribution in [0.4, 0.5) is 5.69 Å². The van der Waals surface area contributed by atoms with Gasteiger partial charge in [0.1, 0.15) is 0 Å². The van der Waals surface area contributed by atoms with Crippen LogP contribution in [0.2, 0.25) is 0 Å². The Balaban J connectivity index is 1.92. The van der Waals surface area contributed by atoms with E-state index in [0.29, 0.717) is 22.3 Å². The minimum absolute atomic E-state index is 0.166. The van der Waals surface area contributed by atoms with E-state index in [-0.39, 0.29) is 11.6 Å². The first kappa shape index (κ1) is 13.9. The molecule has 2 aromatic carbocycles. The molecular formula is C15H12IN3O2. The first-order chi connectivity index (χ1) is 10.0. The largest absolute Gasteiger partial charge is 0.323 e. The Hall–Kier alpha value is -2.09. The molecule has 0 aliphatic heterocycles. The minimum Gasteiger partial charge on any atom is -0.322 e. The molecule has 0 bridgehead atoms. The van der Waals surface area contributed by atoms with Gasteiger partial charge in [0.25, 0.3) is 5.91 Å². The zero-order valence-corrected chi connectivity index (χ0v) is 13.3. The summed E-state index contributed by atoms with van der Waals surface area (Å²) >= 11 is 2.17. The van der Waals surface area contributed by atoms with Crippen molar-refractivity contribution in [2.24, 2.45) is 0 Å². The second-order valence-corrected chi connectivity index (χ2v) is 5.81. The number of fused-ring (bicyclic) bond motifs is 1. The van der Waals surface area contributed by atoms with Crippen molar-refractivity contribution in [2.45, 2.75) is 6.92 Å². The lowest BCUT2D eigenvalue weighted by Gasteiger charge is -2.08. The number of nitrogens with one attached hydrogen (secondary N) is 3. The number of imidazole rings is 1. The lowest BCUT2D eigenvalue weighted by Crippen LogP contribution is -2.13. The van der Waals surface area contributed by atoms with Crippen molar-refractivity contribution < 1.29 is 4.79 Å². The van der Waals surface area contributed by atoms with E-state index < -0.39 is 0 Å². The van der Waals surface area contributed by atoms with Gasteiger partial charge in [-0.3, -0.25) is 4.79 Å². The van der Waals surface area contributed by atoms with Crippen LogP contribution in [0.25, 0.3) is 11.0 Å². The fraction of sp³-hybridized carbons (Fsp3) is 0.0667. The van der Waals surface area contributed by atoms with Gasteiger partial charge < -0.3 is 15.3 Å². The first-order valence-corrected chi connectivity index (χ1v) is 7.41. The van der Waals surface area contributed by atoms with Crippen LogP contribution >= 0.6 is 22.6 Å². The van der Waals surface area contributed by atoms with E-state index >= 15 is 0 Å². The molecule has 1 heterocycles. The van der Waals surface area contributed by atoms with Gasteiger partial charge in [0.15, 0.2) is 0 Å². The highest BCUT2D eigenvalue weighted by atomic mass is 127. The summed E-state index contributed by atoms with van der Waals surface area (Å²) in [6, 6.07) is 10.9. The van der Waals surface area contributed by atoms with Gasteiger partial charge in [-0.15, -0.1) is 0 Å². The molecule has 0 aliphatic carbocycles. The van der Waals surface area contributed by atoms with Crippen LogP contribution < -0.4 is 11.0 Å². The smallest absolute Gasteiger partial charge is 0.322 e. The van der Waals surface area contributed by atoms with Crippen LogP contribution in [0.3, 0.4) is 0 Å². The Morgan fingerprint density at radius 2 is 1.90 bits per heavy atom. The molecule has 0 saturated heterocycles. The van der Waals surface area contributed by atoms with Gasteiger partial charge in [0, 0.05) is 9.26 Å². The predicted octanol–water partition coefficient (Wildman–Crippen LogP) is 3.02. The van der Waals surface area contributed by atoms with Crippen molar-refractivity contribution in [3.63, 3.8) is 0 Å². The van der Waals surface area contributed by atoms with E-state index in [9.17, 15) is 9.59 Å². The molecule has 3 rings (SSSR count). The molecule has 5 nitrogen and oxygen atoms in total. The summed E-state index contributed by atoms with van der Waals surface area (Å²) < 4.78 is 0.934. The number of anilines is 1. The molecule has 0 aliphatic rings. The maximum absolute atomic E-state index is 12.3. The van der Waals surface area contributed by atoms with E-state index in [1.54, 1.807) is 24.3 Å². The van der Waals surface area contributed by atoms with Crippen molar-refractivity contribution in [3.8, 4) is 0 Å². The average molecular weight is 393 g/mol. The van der Waals surface area contributed by atoms with Gasteiger partial charge in [0.05, 0.1) is 16.6 Å². The standard InChI is InChI=1S/C15H12IN3O2/c1-8-3-2-4-10(13(8)16)14(20)17-9-5-6-11-12(7-9)19-15(21)18-11/h2-7H,1H3,(H,17,20)(H2,18,19,21). The highest BCUT2D eigenvalue weighted by molar-refractivity contribution is 14.1. The Morgan fingerprint density at radius 3 is 2.71 bits per heavy atom. The topological polar surface area (TPSA) is 77.8 Å². The number of H-pyrrole nitrogens is 2. The minimum atomic E-state index is -0.262. The highest BCUT2D eigenvalue weighted by Gasteiger charge is 2.11. The van der Waals surface area contributed by atoms with Crippen LogP contribution in [0, 0.1) is 10.5 Å². The molecule has 0 fully saturated rings. The van der Waals surface area contributed by atoms with Crippen molar-refractivity contribution in [3.05, 3.63) is 61.6 Å². The molecule has 0 unspecified atom stereocenters. The Kier molecular flexibility index (Phi) is 3.54. The summed E-state index contributed by atoms with van der Waals surface area (Å²) in [6.45, 7) is 1.97. The summed E-state index contributed by atoms with van der Waals surface area (Å²) in [4.78, 5) is 28.9. The molecular weight excluding hydrogens is 381 g/mol. The number of carbonyl (C=O) groups excluding carboxylic acids is 1. The van der Waals surface area contributed by atoms with E-state index in [1.807, 2.05) is 19.1 Å². The van der Waals surface area contributed by atoms with Gasteiger partial charge in [-0.2, -0.15) is 0 Å². The molecule has 0 spiro atoms. The number of hydrogen-bond donors (Lipinski definition) is 3. The van der Waals surface area contributed by atoms with Crippen LogP contribution in [0.5, 0.6) is 0 Å². The fourth-order valence-electron chi connectivity index (χ4n) is 2.13. The van der Waals surface area contributed by atoms with Gasteiger partial charge >= 0.3 is 5.69 Å². The molecule has 21 heavy (non-hydrogen) atoms. The van der Waals surface area contributed by atoms with Crippen LogP contribution in [0.1, 0.15) is 15.9 Å². The third kappa shape index (κ3) is 2.71. The lowest BCUT2D eigenvalue weighted by molar-refractivity contribution is 0.102. The zero-order valence-electron chi connectivity index (χ0n) is 11.2. The SMILES string of the molecule is Cc1cccc(C(=O)Nc2ccc3[nH]c(=O)[nH]c3c2)c1I. The Morgan fingerprint density at radius 1 is 1.14 bits per heavy atom. The normalized spacial score (nSPS) is 10.8. The van der Waals surface area contributed by atoms with Crippen LogP contribution in [0.15, 0.2) is 41.2 Å². The molecule has 106 valence electrons. The van der Waals surface area contributed by atoms with Gasteiger partial charge in [-0.1, -0.05) is 12.1 Å². The molecule has 0 saturated carbocycles. The number of aromatic amines is 2. The number of aryl methyl sites for hydroxylation is 1. The van der Waals surface area contributed by atoms with Crippen molar-refractivity contribution in [1.29, 1.82) is 0 Å². The first-order valence-electron chi connectivity index (χ1n) is 6.33. The van der Waals surface area contributed by atoms with Gasteiger partial charge in [-0.05, 0) is 59.3 Å². The van der Waals surface area contributed by atoms with E-state index in [1.165, 1.54) is 0 Å². The molecule has 3 N–H and O–H groups in total. The molecule has 0 atom stereocenters. The number of rotatable bonds is 2. The summed E-state index contributed by atoms with van der Waals surface area (Å²) in [5, 5.41) is 2.85. The number of benzene rings is 2. The van der Waals surface area contributed by atoms with Crippen molar-refractivity contribution >= 4 is 45.2 Å². The van der Waals surface area contributed by atoms with Crippen LogP contribution in [-0.4, -0.2) is 15.9 Å². The summed E-state index contributed by atoms with van der Waals surface area (Å²) in [6.07, 6.45) is 0. The Labute approximate surface area is 133 Å². The number of aromatic nitrogens is 2. The monoisotopic (exact) mass is 393 g/mol. The predicted molar refractivity (Wildman–Crippen MR) is 90.8 cm³/mol. The van der Waals surface area contributed by atoms with E-state index in [0.717, 1.165) is 9.13 Å². The third-order valence-corrected chi connectivity index (χ3v) is 4.64. The van der Waals surface area contributed by atoms with E-state index in [4.69, 9.17) is 0 Å². The highest BCUT2D eigenvalue weighted by Crippen LogP contribution is 2.19. The fourth-order valence-corrected chi connectivity index (χ4v) is 2.74. The number of hydrogen-bond acceptors (Lipinski definition) is 2. The molecule has 6 heteroatoms. The zero-order chi connectivity index (χ0) is 15.0. The second kappa shape index (κ2) is 5.36.